The molecule has 4 heteroatoms. The zero-order valence-corrected chi connectivity index (χ0v) is 10.1. The van der Waals surface area contributed by atoms with Crippen molar-refractivity contribution in [3.8, 4) is 0 Å². The van der Waals surface area contributed by atoms with Crippen LogP contribution in [0.2, 0.25) is 0 Å². The summed E-state index contributed by atoms with van der Waals surface area (Å²) in [5.74, 6) is 0. The molecule has 2 rings (SSSR count). The fourth-order valence-corrected chi connectivity index (χ4v) is 2.14. The first-order chi connectivity index (χ1) is 8.13. The van der Waals surface area contributed by atoms with Gasteiger partial charge in [0.2, 0.25) is 0 Å². The Kier molecular flexibility index (Phi) is 3.33. The summed E-state index contributed by atoms with van der Waals surface area (Å²) in [6, 6.07) is 9.91. The number of cyclic esters (lactones) is 1. The summed E-state index contributed by atoms with van der Waals surface area (Å²) in [5, 5.41) is 0. The molecule has 1 aliphatic rings. The zero-order chi connectivity index (χ0) is 12.3. The van der Waals surface area contributed by atoms with Gasteiger partial charge in [0.15, 0.2) is 0 Å². The van der Waals surface area contributed by atoms with Gasteiger partial charge in [-0.1, -0.05) is 30.3 Å². The summed E-state index contributed by atoms with van der Waals surface area (Å²) in [4.78, 5) is 13.5. The van der Waals surface area contributed by atoms with E-state index in [4.69, 9.17) is 10.5 Å². The van der Waals surface area contributed by atoms with E-state index in [1.165, 1.54) is 0 Å². The molecular weight excluding hydrogens is 216 g/mol. The summed E-state index contributed by atoms with van der Waals surface area (Å²) >= 11 is 0. The number of carbonyl (C=O) groups excluding carboxylic acids is 1. The van der Waals surface area contributed by atoms with E-state index in [1.54, 1.807) is 4.90 Å². The van der Waals surface area contributed by atoms with E-state index in [-0.39, 0.29) is 6.09 Å². The molecule has 1 aromatic rings. The van der Waals surface area contributed by atoms with Gasteiger partial charge in [-0.2, -0.15) is 0 Å². The highest BCUT2D eigenvalue weighted by molar-refractivity contribution is 5.70. The predicted octanol–water partition coefficient (Wildman–Crippen LogP) is 1.75. The van der Waals surface area contributed by atoms with Crippen molar-refractivity contribution < 1.29 is 9.53 Å². The number of hydrogen-bond acceptors (Lipinski definition) is 3. The zero-order valence-electron chi connectivity index (χ0n) is 10.1. The van der Waals surface area contributed by atoms with Crippen LogP contribution in [0.3, 0.4) is 0 Å². The molecular formula is C13H18N2O2. The number of rotatable bonds is 4. The van der Waals surface area contributed by atoms with Crippen LogP contribution in [0.15, 0.2) is 30.3 Å². The third-order valence-electron chi connectivity index (χ3n) is 3.01. The molecule has 1 atom stereocenters. The van der Waals surface area contributed by atoms with Crippen molar-refractivity contribution in [1.82, 2.24) is 4.90 Å². The van der Waals surface area contributed by atoms with Crippen molar-refractivity contribution in [2.75, 3.05) is 13.1 Å². The van der Waals surface area contributed by atoms with Crippen molar-refractivity contribution in [3.05, 3.63) is 35.9 Å². The van der Waals surface area contributed by atoms with Gasteiger partial charge < -0.3 is 10.5 Å². The van der Waals surface area contributed by atoms with Crippen LogP contribution in [0.25, 0.3) is 0 Å². The maximum atomic E-state index is 11.7. The second-order valence-corrected chi connectivity index (χ2v) is 4.70. The summed E-state index contributed by atoms with van der Waals surface area (Å²) in [5.41, 5.74) is 6.21. The van der Waals surface area contributed by atoms with Crippen LogP contribution in [-0.4, -0.2) is 29.7 Å². The Hall–Kier alpha value is -1.55. The second kappa shape index (κ2) is 4.75. The maximum Gasteiger partial charge on any atom is 0.410 e. The molecule has 4 nitrogen and oxygen atoms in total. The molecule has 0 aromatic heterocycles. The minimum absolute atomic E-state index is 0.246. The van der Waals surface area contributed by atoms with Crippen molar-refractivity contribution in [3.63, 3.8) is 0 Å². The minimum atomic E-state index is -0.430. The molecule has 92 valence electrons. The van der Waals surface area contributed by atoms with Gasteiger partial charge in [-0.3, -0.25) is 4.90 Å². The minimum Gasteiger partial charge on any atom is -0.441 e. The molecule has 1 heterocycles. The molecule has 0 bridgehead atoms. The Bertz CT molecular complexity index is 394. The number of hydrogen-bond donors (Lipinski definition) is 1. The quantitative estimate of drug-likeness (QED) is 0.863. The van der Waals surface area contributed by atoms with Gasteiger partial charge >= 0.3 is 6.09 Å². The first-order valence-corrected chi connectivity index (χ1v) is 5.85. The molecule has 1 saturated heterocycles. The van der Waals surface area contributed by atoms with E-state index in [0.717, 1.165) is 5.56 Å². The second-order valence-electron chi connectivity index (χ2n) is 4.70. The molecule has 0 radical (unpaired) electrons. The Balaban J connectivity index is 2.02. The summed E-state index contributed by atoms with van der Waals surface area (Å²) in [6.45, 7) is 3.67. The SMILES string of the molecule is CC1(CCN)CN(Cc2ccccc2)C(=O)O1. The molecule has 17 heavy (non-hydrogen) atoms. The van der Waals surface area contributed by atoms with Crippen LogP contribution in [-0.2, 0) is 11.3 Å². The largest absolute Gasteiger partial charge is 0.441 e. The van der Waals surface area contributed by atoms with E-state index < -0.39 is 5.60 Å². The number of benzene rings is 1. The molecule has 0 spiro atoms. The van der Waals surface area contributed by atoms with Crippen molar-refractivity contribution in [2.24, 2.45) is 5.73 Å². The third kappa shape index (κ3) is 2.77. The summed E-state index contributed by atoms with van der Waals surface area (Å²) in [6.07, 6.45) is 0.453. The van der Waals surface area contributed by atoms with Crippen molar-refractivity contribution in [1.29, 1.82) is 0 Å². The molecule has 1 aliphatic heterocycles. The van der Waals surface area contributed by atoms with Crippen LogP contribution >= 0.6 is 0 Å². The lowest BCUT2D eigenvalue weighted by atomic mass is 10.0. The standard InChI is InChI=1S/C13H18N2O2/c1-13(7-8-14)10-15(12(16)17-13)9-11-5-3-2-4-6-11/h2-6H,7-10,14H2,1H3. The van der Waals surface area contributed by atoms with Gasteiger partial charge in [0.05, 0.1) is 6.54 Å². The normalized spacial score (nSPS) is 23.9. The molecule has 0 saturated carbocycles. The highest BCUT2D eigenvalue weighted by Gasteiger charge is 2.40. The lowest BCUT2D eigenvalue weighted by molar-refractivity contribution is 0.0669. The number of nitrogens with two attached hydrogens (primary N) is 1. The van der Waals surface area contributed by atoms with Crippen LogP contribution in [0.1, 0.15) is 18.9 Å². The van der Waals surface area contributed by atoms with Crippen LogP contribution in [0, 0.1) is 0 Å². The Morgan fingerprint density at radius 1 is 1.41 bits per heavy atom. The summed E-state index contributed by atoms with van der Waals surface area (Å²) in [7, 11) is 0. The van der Waals surface area contributed by atoms with Crippen LogP contribution < -0.4 is 5.73 Å². The topological polar surface area (TPSA) is 55.6 Å². The Morgan fingerprint density at radius 3 is 2.76 bits per heavy atom. The van der Waals surface area contributed by atoms with Gasteiger partial charge in [0.25, 0.3) is 0 Å². The number of carbonyl (C=O) groups is 1. The first-order valence-electron chi connectivity index (χ1n) is 5.85. The molecule has 1 fully saturated rings. The monoisotopic (exact) mass is 234 g/mol. The van der Waals surface area contributed by atoms with Gasteiger partial charge in [-0.05, 0) is 19.0 Å². The lowest BCUT2D eigenvalue weighted by Crippen LogP contribution is -2.33. The molecule has 1 amide bonds. The maximum absolute atomic E-state index is 11.7. The fraction of sp³-hybridized carbons (Fsp3) is 0.462. The van der Waals surface area contributed by atoms with E-state index in [0.29, 0.717) is 26.1 Å². The Morgan fingerprint density at radius 2 is 2.12 bits per heavy atom. The Labute approximate surface area is 101 Å². The van der Waals surface area contributed by atoms with Crippen molar-refractivity contribution >= 4 is 6.09 Å². The average molecular weight is 234 g/mol. The lowest BCUT2D eigenvalue weighted by Gasteiger charge is -2.20. The molecule has 1 aromatic carbocycles. The molecule has 2 N–H and O–H groups in total. The van der Waals surface area contributed by atoms with Gasteiger partial charge in [0, 0.05) is 13.0 Å². The highest BCUT2D eigenvalue weighted by Crippen LogP contribution is 2.26. The highest BCUT2D eigenvalue weighted by atomic mass is 16.6. The smallest absolute Gasteiger partial charge is 0.410 e. The van der Waals surface area contributed by atoms with Gasteiger partial charge in [-0.25, -0.2) is 4.79 Å². The van der Waals surface area contributed by atoms with Crippen LogP contribution in [0.5, 0.6) is 0 Å². The van der Waals surface area contributed by atoms with Crippen LogP contribution in [0.4, 0.5) is 4.79 Å². The number of nitrogens with zero attached hydrogens (tertiary/aromatic N) is 1. The summed E-state index contributed by atoms with van der Waals surface area (Å²) < 4.78 is 5.38. The fourth-order valence-electron chi connectivity index (χ4n) is 2.14. The van der Waals surface area contributed by atoms with Gasteiger partial charge in [0.1, 0.15) is 5.60 Å². The number of amides is 1. The predicted molar refractivity (Wildman–Crippen MR) is 65.4 cm³/mol. The van der Waals surface area contributed by atoms with E-state index in [1.807, 2.05) is 37.3 Å². The molecule has 1 unspecified atom stereocenters. The van der Waals surface area contributed by atoms with E-state index in [2.05, 4.69) is 0 Å². The molecule has 0 aliphatic carbocycles. The van der Waals surface area contributed by atoms with Crippen molar-refractivity contribution in [2.45, 2.75) is 25.5 Å². The van der Waals surface area contributed by atoms with Gasteiger partial charge in [-0.15, -0.1) is 0 Å². The third-order valence-corrected chi connectivity index (χ3v) is 3.01. The van der Waals surface area contributed by atoms with E-state index in [9.17, 15) is 4.79 Å². The van der Waals surface area contributed by atoms with E-state index >= 15 is 0 Å². The first kappa shape index (κ1) is 11.9. The number of ether oxygens (including phenoxy) is 1. The average Bonchev–Trinajstić information content (AvgIpc) is 2.56.